The minimum atomic E-state index is -1.31. The summed E-state index contributed by atoms with van der Waals surface area (Å²) >= 11 is 0. The number of carboxylic acid groups (broad SMARTS) is 2. The Morgan fingerprint density at radius 1 is 1.05 bits per heavy atom. The quantitative estimate of drug-likeness (QED) is 0.294. The van der Waals surface area contributed by atoms with E-state index in [1.165, 1.54) is 32.1 Å². The van der Waals surface area contributed by atoms with Gasteiger partial charge >= 0.3 is 30.8 Å². The second-order valence-electron chi connectivity index (χ2n) is 4.78. The van der Waals surface area contributed by atoms with Crippen LogP contribution in [0.4, 0.5) is 0 Å². The number of rotatable bonds is 8. The Hall–Kier alpha value is -0.463. The summed E-state index contributed by atoms with van der Waals surface area (Å²) in [7, 11) is 0. The Morgan fingerprint density at radius 2 is 1.53 bits per heavy atom. The van der Waals surface area contributed by atoms with Crippen molar-refractivity contribution in [3.63, 3.8) is 0 Å². The average molecular weight is 266 g/mol. The van der Waals surface area contributed by atoms with E-state index in [0.717, 1.165) is 5.92 Å². The fraction of sp³-hybridized carbons (Fsp3) is 0.786. The van der Waals surface area contributed by atoms with Gasteiger partial charge in [0.05, 0.1) is 0 Å². The molecule has 108 valence electrons. The van der Waals surface area contributed by atoms with Crippen LogP contribution in [0.1, 0.15) is 66.2 Å². The number of aliphatic carboxylic acids is 2. The van der Waals surface area contributed by atoms with Crippen LogP contribution in [0.15, 0.2) is 0 Å². The van der Waals surface area contributed by atoms with E-state index < -0.39 is 18.4 Å². The van der Waals surface area contributed by atoms with Crippen LogP contribution in [0.25, 0.3) is 0 Å². The Morgan fingerprint density at radius 3 is 1.79 bits per heavy atom. The normalized spacial score (nSPS) is 9.58. The summed E-state index contributed by atoms with van der Waals surface area (Å²) in [5.41, 5.74) is 0. The van der Waals surface area contributed by atoms with Gasteiger partial charge in [-0.15, -0.1) is 0 Å². The molecule has 0 saturated carbocycles. The number of carboxylic acids is 2. The van der Waals surface area contributed by atoms with E-state index >= 15 is 0 Å². The first-order chi connectivity index (χ1) is 8.31. The zero-order valence-corrected chi connectivity index (χ0v) is 13.0. The Bertz CT molecular complexity index is 217. The number of unbranched alkanes of at least 4 members (excludes halogenated alkanes) is 3. The van der Waals surface area contributed by atoms with Crippen molar-refractivity contribution >= 4 is 11.9 Å². The van der Waals surface area contributed by atoms with Gasteiger partial charge in [-0.2, -0.15) is 19.3 Å². The van der Waals surface area contributed by atoms with Gasteiger partial charge in [-0.1, -0.05) is 46.5 Å². The Balaban J connectivity index is -0.000000280. The summed E-state index contributed by atoms with van der Waals surface area (Å²) in [5, 5.41) is 15.4. The molecule has 0 bridgehead atoms. The molecule has 0 aliphatic rings. The summed E-state index contributed by atoms with van der Waals surface area (Å²) in [5.74, 6) is -0.169. The molecule has 0 fully saturated rings. The molecule has 0 aromatic carbocycles. The van der Waals surface area contributed by atoms with Gasteiger partial charge in [0.25, 0.3) is 0 Å². The van der Waals surface area contributed by atoms with Crippen LogP contribution in [0, 0.1) is 11.8 Å². The molecule has 0 aliphatic heterocycles. The van der Waals surface area contributed by atoms with E-state index in [4.69, 9.17) is 10.2 Å². The summed E-state index contributed by atoms with van der Waals surface area (Å²) in [4.78, 5) is 18.9. The molecule has 0 radical (unpaired) electrons. The van der Waals surface area contributed by atoms with Gasteiger partial charge in [0, 0.05) is 0 Å². The van der Waals surface area contributed by atoms with E-state index in [2.05, 4.69) is 27.7 Å². The number of hydrogen-bond donors (Lipinski definition) is 2. The van der Waals surface area contributed by atoms with Crippen molar-refractivity contribution in [3.05, 3.63) is 5.92 Å². The molecule has 0 aromatic heterocycles. The van der Waals surface area contributed by atoms with Gasteiger partial charge in [-0.05, 0) is 0 Å². The second kappa shape index (κ2) is 15.6. The van der Waals surface area contributed by atoms with Crippen molar-refractivity contribution in [2.24, 2.45) is 5.92 Å². The van der Waals surface area contributed by atoms with Gasteiger partial charge < -0.3 is 16.1 Å². The molecule has 2 N–H and O–H groups in total. The zero-order chi connectivity index (χ0) is 14.6. The molecular formula is C14H27LiO4. The fourth-order valence-corrected chi connectivity index (χ4v) is 1.25. The van der Waals surface area contributed by atoms with Crippen molar-refractivity contribution in [2.75, 3.05) is 0 Å². The summed E-state index contributed by atoms with van der Waals surface area (Å²) in [6.07, 6.45) is 6.11. The van der Waals surface area contributed by atoms with Crippen molar-refractivity contribution in [1.82, 2.24) is 0 Å². The third-order valence-corrected chi connectivity index (χ3v) is 2.71. The van der Waals surface area contributed by atoms with Crippen LogP contribution >= 0.6 is 0 Å². The molecule has 0 rings (SSSR count). The van der Waals surface area contributed by atoms with Crippen molar-refractivity contribution < 1.29 is 38.7 Å². The molecule has 0 aromatic rings. The fourth-order valence-electron chi connectivity index (χ4n) is 1.25. The van der Waals surface area contributed by atoms with Crippen LogP contribution in [0.5, 0.6) is 0 Å². The topological polar surface area (TPSA) is 74.6 Å². The Labute approximate surface area is 129 Å². The van der Waals surface area contributed by atoms with Crippen molar-refractivity contribution in [1.29, 1.82) is 0 Å². The molecule has 0 spiro atoms. The molecule has 5 heteroatoms. The van der Waals surface area contributed by atoms with Crippen LogP contribution in [0.2, 0.25) is 0 Å². The van der Waals surface area contributed by atoms with Gasteiger partial charge in [-0.3, -0.25) is 9.59 Å². The Kier molecular flexibility index (Phi) is 19.4. The van der Waals surface area contributed by atoms with E-state index in [1.807, 2.05) is 0 Å². The largest absolute Gasteiger partial charge is 1.00 e. The number of carbonyl (C=O) groups is 2. The molecule has 0 aliphatic carbocycles. The first kappa shape index (κ1) is 23.6. The predicted octanol–water partition coefficient (Wildman–Crippen LogP) is 0.757. The third-order valence-electron chi connectivity index (χ3n) is 2.71. The molecule has 0 unspecified atom stereocenters. The summed E-state index contributed by atoms with van der Waals surface area (Å²) in [6, 6.07) is 0. The maximum absolute atomic E-state index is 9.43. The maximum atomic E-state index is 9.43. The van der Waals surface area contributed by atoms with Crippen molar-refractivity contribution in [3.8, 4) is 0 Å². The van der Waals surface area contributed by atoms with Crippen LogP contribution in [-0.2, 0) is 9.59 Å². The monoisotopic (exact) mass is 266 g/mol. The molecule has 4 nitrogen and oxygen atoms in total. The first-order valence-corrected chi connectivity index (χ1v) is 6.57. The minimum absolute atomic E-state index is 0. The third kappa shape index (κ3) is 23.1. The second-order valence-corrected chi connectivity index (χ2v) is 4.78. The molecule has 19 heavy (non-hydrogen) atoms. The predicted molar refractivity (Wildman–Crippen MR) is 72.4 cm³/mol. The van der Waals surface area contributed by atoms with E-state index in [1.54, 1.807) is 5.92 Å². The average Bonchev–Trinajstić information content (AvgIpc) is 2.22. The zero-order valence-electron chi connectivity index (χ0n) is 13.0. The van der Waals surface area contributed by atoms with Gasteiger partial charge in [0.2, 0.25) is 0 Å². The molecule has 0 heterocycles. The van der Waals surface area contributed by atoms with Crippen molar-refractivity contribution in [2.45, 2.75) is 66.2 Å². The SMILES string of the molecule is CCCCCC[C-](C)C(C)C.O=C(O)CC(=O)O.[Li+]. The summed E-state index contributed by atoms with van der Waals surface area (Å²) < 4.78 is 0. The smallest absolute Gasteiger partial charge is 0.481 e. The molecular weight excluding hydrogens is 239 g/mol. The number of hydrogen-bond acceptors (Lipinski definition) is 2. The van der Waals surface area contributed by atoms with Gasteiger partial charge in [-0.25, -0.2) is 0 Å². The van der Waals surface area contributed by atoms with E-state index in [-0.39, 0.29) is 18.9 Å². The van der Waals surface area contributed by atoms with E-state index in [0.29, 0.717) is 0 Å². The van der Waals surface area contributed by atoms with Crippen LogP contribution in [0.3, 0.4) is 0 Å². The van der Waals surface area contributed by atoms with Gasteiger partial charge in [0.1, 0.15) is 6.42 Å². The van der Waals surface area contributed by atoms with Gasteiger partial charge in [0.15, 0.2) is 0 Å². The molecule has 0 amide bonds. The molecule has 0 saturated heterocycles. The minimum Gasteiger partial charge on any atom is -0.481 e. The van der Waals surface area contributed by atoms with Crippen LogP contribution in [-0.4, -0.2) is 22.2 Å². The van der Waals surface area contributed by atoms with Crippen LogP contribution < -0.4 is 18.9 Å². The summed E-state index contributed by atoms with van der Waals surface area (Å²) in [6.45, 7) is 9.12. The standard InChI is InChI=1S/C11H23.C3H4O4.Li/c1-5-6-7-8-9-11(4)10(2)3;4-2(5)1-3(6)7;/h10H,5-9H2,1-4H3;1H2,(H,4,5)(H,6,7);/q-1;;+1. The first-order valence-electron chi connectivity index (χ1n) is 6.57. The molecule has 0 atom stereocenters. The van der Waals surface area contributed by atoms with E-state index in [9.17, 15) is 9.59 Å². The maximum Gasteiger partial charge on any atom is 1.00 e.